The summed E-state index contributed by atoms with van der Waals surface area (Å²) in [4.78, 5) is 19.0. The number of ether oxygens (including phenoxy) is 1. The largest absolute Gasteiger partial charge is 0.487 e. The highest BCUT2D eigenvalue weighted by Crippen LogP contribution is 2.18. The highest BCUT2D eigenvalue weighted by atomic mass is 32.1. The Balaban J connectivity index is 1.41. The second-order valence-electron chi connectivity index (χ2n) is 6.91. The van der Waals surface area contributed by atoms with Gasteiger partial charge < -0.3 is 18.5 Å². The van der Waals surface area contributed by atoms with Crippen LogP contribution in [-0.2, 0) is 24.5 Å². The van der Waals surface area contributed by atoms with Crippen LogP contribution in [0.1, 0.15) is 27.8 Å². The van der Waals surface area contributed by atoms with Gasteiger partial charge in [0.1, 0.15) is 23.9 Å². The highest BCUT2D eigenvalue weighted by Gasteiger charge is 2.15. The van der Waals surface area contributed by atoms with E-state index in [0.717, 1.165) is 22.0 Å². The number of thiazole rings is 1. The number of carbonyl (C=O) groups is 1. The standard InChI is InChI=1S/C24H22N2O4S/c1-18-25-20(17-31-18)16-30-21-6-2-5-19(13-21)9-10-24(27)26(14-22-7-3-11-28-22)15-23-8-4-12-29-23/h2-13,17H,14-16H2,1H3/b10-9+. The molecule has 0 saturated carbocycles. The summed E-state index contributed by atoms with van der Waals surface area (Å²) < 4.78 is 16.6. The molecule has 6 nitrogen and oxygen atoms in total. The average Bonchev–Trinajstić information content (AvgIpc) is 3.54. The van der Waals surface area contributed by atoms with Crippen molar-refractivity contribution in [1.82, 2.24) is 9.88 Å². The zero-order valence-electron chi connectivity index (χ0n) is 17.1. The zero-order valence-corrected chi connectivity index (χ0v) is 17.9. The average molecular weight is 435 g/mol. The Kier molecular flexibility index (Phi) is 6.64. The van der Waals surface area contributed by atoms with Crippen LogP contribution in [0.2, 0.25) is 0 Å². The molecule has 0 bridgehead atoms. The van der Waals surface area contributed by atoms with Crippen LogP contribution in [0.4, 0.5) is 0 Å². The van der Waals surface area contributed by atoms with E-state index < -0.39 is 0 Å². The molecule has 0 fully saturated rings. The third kappa shape index (κ3) is 5.96. The second-order valence-corrected chi connectivity index (χ2v) is 7.97. The highest BCUT2D eigenvalue weighted by molar-refractivity contribution is 7.09. The van der Waals surface area contributed by atoms with Crippen molar-refractivity contribution in [1.29, 1.82) is 0 Å². The summed E-state index contributed by atoms with van der Waals surface area (Å²) in [6.07, 6.45) is 6.52. The minimum atomic E-state index is -0.142. The molecule has 4 rings (SSSR count). The number of benzene rings is 1. The number of hydrogen-bond acceptors (Lipinski definition) is 6. The molecule has 1 amide bonds. The van der Waals surface area contributed by atoms with Crippen molar-refractivity contribution < 1.29 is 18.4 Å². The van der Waals surface area contributed by atoms with Crippen LogP contribution < -0.4 is 4.74 Å². The van der Waals surface area contributed by atoms with Gasteiger partial charge in [-0.3, -0.25) is 4.79 Å². The van der Waals surface area contributed by atoms with Crippen molar-refractivity contribution in [2.45, 2.75) is 26.6 Å². The molecule has 0 saturated heterocycles. The van der Waals surface area contributed by atoms with E-state index in [1.165, 1.54) is 0 Å². The van der Waals surface area contributed by atoms with Gasteiger partial charge in [-0.05, 0) is 55.0 Å². The Hall–Kier alpha value is -3.58. The van der Waals surface area contributed by atoms with Crippen LogP contribution in [0.15, 0.2) is 81.3 Å². The molecular formula is C24H22N2O4S. The number of aryl methyl sites for hydroxylation is 1. The van der Waals surface area contributed by atoms with Crippen LogP contribution in [0, 0.1) is 6.92 Å². The monoisotopic (exact) mass is 434 g/mol. The quantitative estimate of drug-likeness (QED) is 0.327. The maximum atomic E-state index is 12.9. The number of carbonyl (C=O) groups excluding carboxylic acids is 1. The third-order valence-electron chi connectivity index (χ3n) is 4.50. The Morgan fingerprint density at radius 1 is 1.10 bits per heavy atom. The molecule has 0 aliphatic rings. The second kappa shape index (κ2) is 9.95. The van der Waals surface area contributed by atoms with Crippen LogP contribution in [0.3, 0.4) is 0 Å². The zero-order chi connectivity index (χ0) is 21.5. The lowest BCUT2D eigenvalue weighted by Gasteiger charge is -2.18. The Bertz CT molecular complexity index is 1090. The summed E-state index contributed by atoms with van der Waals surface area (Å²) in [5, 5.41) is 3.01. The first-order valence-electron chi connectivity index (χ1n) is 9.81. The van der Waals surface area contributed by atoms with Gasteiger partial charge in [-0.2, -0.15) is 0 Å². The number of hydrogen-bond donors (Lipinski definition) is 0. The summed E-state index contributed by atoms with van der Waals surface area (Å²) in [6, 6.07) is 14.9. The van der Waals surface area contributed by atoms with Gasteiger partial charge in [0.25, 0.3) is 0 Å². The van der Waals surface area contributed by atoms with Crippen molar-refractivity contribution in [3.63, 3.8) is 0 Å². The van der Waals surface area contributed by atoms with E-state index in [2.05, 4.69) is 4.98 Å². The maximum absolute atomic E-state index is 12.9. The first-order chi connectivity index (χ1) is 15.2. The van der Waals surface area contributed by atoms with E-state index in [0.29, 0.717) is 31.2 Å². The number of furan rings is 2. The van der Waals surface area contributed by atoms with Gasteiger partial charge in [0, 0.05) is 11.5 Å². The fourth-order valence-corrected chi connectivity index (χ4v) is 3.60. The first kappa shape index (κ1) is 20.7. The Morgan fingerprint density at radius 3 is 2.45 bits per heavy atom. The molecule has 4 aromatic rings. The van der Waals surface area contributed by atoms with Crippen LogP contribution in [0.5, 0.6) is 5.75 Å². The lowest BCUT2D eigenvalue weighted by Crippen LogP contribution is -2.28. The van der Waals surface area contributed by atoms with E-state index >= 15 is 0 Å². The van der Waals surface area contributed by atoms with Gasteiger partial charge in [-0.1, -0.05) is 12.1 Å². The van der Waals surface area contributed by atoms with Gasteiger partial charge in [0.05, 0.1) is 36.3 Å². The van der Waals surface area contributed by atoms with Crippen LogP contribution in [0.25, 0.3) is 6.08 Å². The van der Waals surface area contributed by atoms with Gasteiger partial charge in [0.15, 0.2) is 0 Å². The van der Waals surface area contributed by atoms with Crippen molar-refractivity contribution in [3.05, 3.63) is 100 Å². The molecule has 0 unspecified atom stereocenters. The Labute approximate surface area is 184 Å². The predicted molar refractivity (Wildman–Crippen MR) is 118 cm³/mol. The fourth-order valence-electron chi connectivity index (χ4n) is 3.01. The smallest absolute Gasteiger partial charge is 0.247 e. The lowest BCUT2D eigenvalue weighted by molar-refractivity contribution is -0.127. The van der Waals surface area contributed by atoms with Crippen molar-refractivity contribution in [3.8, 4) is 5.75 Å². The molecule has 3 heterocycles. The van der Waals surface area contributed by atoms with E-state index in [1.54, 1.807) is 53.0 Å². The van der Waals surface area contributed by atoms with Crippen molar-refractivity contribution >= 4 is 23.3 Å². The normalized spacial score (nSPS) is 11.1. The summed E-state index contributed by atoms with van der Waals surface area (Å²) in [6.45, 7) is 3.09. The van der Waals surface area contributed by atoms with Gasteiger partial charge in [-0.25, -0.2) is 4.98 Å². The number of nitrogens with zero attached hydrogens (tertiary/aromatic N) is 2. The molecule has 0 aliphatic heterocycles. The van der Waals surface area contributed by atoms with E-state index in [9.17, 15) is 4.79 Å². The molecule has 3 aromatic heterocycles. The molecule has 158 valence electrons. The minimum absolute atomic E-state index is 0.142. The van der Waals surface area contributed by atoms with Crippen molar-refractivity contribution in [2.24, 2.45) is 0 Å². The third-order valence-corrected chi connectivity index (χ3v) is 5.32. The number of aromatic nitrogens is 1. The molecule has 1 aromatic carbocycles. The van der Waals surface area contributed by atoms with Crippen molar-refractivity contribution in [2.75, 3.05) is 0 Å². The SMILES string of the molecule is Cc1nc(COc2cccc(/C=C/C(=O)N(Cc3ccco3)Cc3ccco3)c2)cs1. The molecular weight excluding hydrogens is 412 g/mol. The molecule has 0 atom stereocenters. The van der Waals surface area contributed by atoms with Crippen LogP contribution >= 0.6 is 11.3 Å². The van der Waals surface area contributed by atoms with E-state index in [4.69, 9.17) is 13.6 Å². The van der Waals surface area contributed by atoms with E-state index in [1.807, 2.05) is 48.7 Å². The maximum Gasteiger partial charge on any atom is 0.247 e. The Morgan fingerprint density at radius 2 is 1.84 bits per heavy atom. The van der Waals surface area contributed by atoms with E-state index in [-0.39, 0.29) is 5.91 Å². The molecule has 0 aliphatic carbocycles. The summed E-state index contributed by atoms with van der Waals surface area (Å²) in [7, 11) is 0. The molecule has 31 heavy (non-hydrogen) atoms. The fraction of sp³-hybridized carbons (Fsp3) is 0.167. The van der Waals surface area contributed by atoms with Crippen LogP contribution in [-0.4, -0.2) is 15.8 Å². The number of amides is 1. The molecule has 0 radical (unpaired) electrons. The summed E-state index contributed by atoms with van der Waals surface area (Å²) >= 11 is 1.60. The topological polar surface area (TPSA) is 68.7 Å². The summed E-state index contributed by atoms with van der Waals surface area (Å²) in [5.41, 5.74) is 1.78. The summed E-state index contributed by atoms with van der Waals surface area (Å²) in [5.74, 6) is 2.00. The molecule has 7 heteroatoms. The van der Waals surface area contributed by atoms with Gasteiger partial charge in [-0.15, -0.1) is 11.3 Å². The molecule has 0 N–H and O–H groups in total. The van der Waals surface area contributed by atoms with Gasteiger partial charge in [0.2, 0.25) is 5.91 Å². The predicted octanol–water partition coefficient (Wildman–Crippen LogP) is 5.46. The minimum Gasteiger partial charge on any atom is -0.487 e. The number of rotatable bonds is 9. The van der Waals surface area contributed by atoms with Gasteiger partial charge >= 0.3 is 0 Å². The first-order valence-corrected chi connectivity index (χ1v) is 10.7. The lowest BCUT2D eigenvalue weighted by atomic mass is 10.2. The molecule has 0 spiro atoms.